The average molecular weight is 328 g/mol. The van der Waals surface area contributed by atoms with Crippen molar-refractivity contribution in [3.05, 3.63) is 18.0 Å². The number of piperazine rings is 1. The lowest BCUT2D eigenvalue weighted by molar-refractivity contribution is -0.145. The highest BCUT2D eigenvalue weighted by Gasteiger charge is 2.40. The van der Waals surface area contributed by atoms with Crippen molar-refractivity contribution in [1.82, 2.24) is 25.3 Å². The van der Waals surface area contributed by atoms with Crippen LogP contribution in [0, 0.1) is 5.92 Å². The van der Waals surface area contributed by atoms with Gasteiger partial charge in [-0.1, -0.05) is 0 Å². The van der Waals surface area contributed by atoms with Crippen LogP contribution in [0.4, 0.5) is 0 Å². The third-order valence-corrected chi connectivity index (χ3v) is 4.47. The first kappa shape index (κ1) is 16.8. The predicted octanol–water partition coefficient (Wildman–Crippen LogP) is -0.508. The molecule has 8 heteroatoms. The van der Waals surface area contributed by atoms with Crippen LogP contribution in [0.2, 0.25) is 0 Å². The van der Waals surface area contributed by atoms with E-state index < -0.39 is 0 Å². The Labute approximate surface area is 135 Å². The van der Waals surface area contributed by atoms with Gasteiger partial charge >= 0.3 is 0 Å². The van der Waals surface area contributed by atoms with Gasteiger partial charge in [-0.2, -0.15) is 5.10 Å². The Hall–Kier alpha value is -1.60. The molecule has 0 saturated carbocycles. The molecule has 2 aliphatic rings. The number of aryl methyl sites for hydroxylation is 1. The van der Waals surface area contributed by atoms with Gasteiger partial charge in [0.25, 0.3) is 0 Å². The van der Waals surface area contributed by atoms with Gasteiger partial charge in [0.15, 0.2) is 0 Å². The molecule has 3 heterocycles. The minimum absolute atomic E-state index is 0. The van der Waals surface area contributed by atoms with E-state index in [0.717, 1.165) is 12.1 Å². The van der Waals surface area contributed by atoms with Gasteiger partial charge in [0.1, 0.15) is 6.04 Å². The summed E-state index contributed by atoms with van der Waals surface area (Å²) in [7, 11) is 1.87. The maximum Gasteiger partial charge on any atom is 0.242 e. The molecule has 3 rings (SSSR count). The van der Waals surface area contributed by atoms with Gasteiger partial charge in [0.05, 0.1) is 12.1 Å². The van der Waals surface area contributed by atoms with E-state index >= 15 is 0 Å². The molecule has 3 atom stereocenters. The van der Waals surface area contributed by atoms with Crippen LogP contribution in [-0.2, 0) is 16.6 Å². The van der Waals surface area contributed by atoms with Crippen LogP contribution >= 0.6 is 12.4 Å². The highest BCUT2D eigenvalue weighted by Crippen LogP contribution is 2.30. The Morgan fingerprint density at radius 3 is 2.86 bits per heavy atom. The molecular formula is C14H22ClN5O2. The lowest BCUT2D eigenvalue weighted by Crippen LogP contribution is -2.57. The Kier molecular flexibility index (Phi) is 5.08. The first-order valence-corrected chi connectivity index (χ1v) is 7.35. The van der Waals surface area contributed by atoms with E-state index in [1.807, 2.05) is 19.4 Å². The molecule has 122 valence electrons. The largest absolute Gasteiger partial charge is 0.353 e. The fourth-order valence-corrected chi connectivity index (χ4v) is 3.22. The summed E-state index contributed by atoms with van der Waals surface area (Å²) >= 11 is 0. The fourth-order valence-electron chi connectivity index (χ4n) is 3.22. The first-order chi connectivity index (χ1) is 10.1. The molecule has 2 amide bonds. The van der Waals surface area contributed by atoms with Gasteiger partial charge in [0, 0.05) is 45.3 Å². The van der Waals surface area contributed by atoms with E-state index in [2.05, 4.69) is 15.7 Å². The van der Waals surface area contributed by atoms with Crippen molar-refractivity contribution >= 4 is 24.2 Å². The van der Waals surface area contributed by atoms with Gasteiger partial charge in [0.2, 0.25) is 11.8 Å². The van der Waals surface area contributed by atoms with Crippen molar-refractivity contribution in [3.8, 4) is 0 Å². The summed E-state index contributed by atoms with van der Waals surface area (Å²) in [6.45, 7) is 4.34. The van der Waals surface area contributed by atoms with Crippen LogP contribution in [-0.4, -0.2) is 58.7 Å². The van der Waals surface area contributed by atoms with E-state index in [-0.39, 0.29) is 42.1 Å². The van der Waals surface area contributed by atoms with Crippen molar-refractivity contribution < 1.29 is 9.59 Å². The SMILES string of the molecule is CC1C(=O)NCCN1C(=O)[C@H]1CNC[C@@H]1c1cnn(C)c1.Cl. The molecule has 7 nitrogen and oxygen atoms in total. The number of hydrogen-bond donors (Lipinski definition) is 2. The lowest BCUT2D eigenvalue weighted by Gasteiger charge is -2.35. The molecule has 22 heavy (non-hydrogen) atoms. The number of aromatic nitrogens is 2. The second kappa shape index (κ2) is 6.66. The predicted molar refractivity (Wildman–Crippen MR) is 83.7 cm³/mol. The summed E-state index contributed by atoms with van der Waals surface area (Å²) < 4.78 is 1.76. The topological polar surface area (TPSA) is 79.3 Å². The summed E-state index contributed by atoms with van der Waals surface area (Å²) in [6, 6.07) is -0.388. The summed E-state index contributed by atoms with van der Waals surface area (Å²) in [4.78, 5) is 26.3. The van der Waals surface area contributed by atoms with Gasteiger partial charge in [-0.05, 0) is 12.5 Å². The Bertz CT molecular complexity index is 561. The molecule has 2 saturated heterocycles. The summed E-state index contributed by atoms with van der Waals surface area (Å²) in [6.07, 6.45) is 3.79. The van der Waals surface area contributed by atoms with Crippen molar-refractivity contribution in [1.29, 1.82) is 0 Å². The summed E-state index contributed by atoms with van der Waals surface area (Å²) in [5.74, 6) is 0.000578. The number of nitrogens with one attached hydrogen (secondary N) is 2. The smallest absolute Gasteiger partial charge is 0.242 e. The number of rotatable bonds is 2. The van der Waals surface area contributed by atoms with Crippen LogP contribution < -0.4 is 10.6 Å². The minimum atomic E-state index is -0.388. The molecule has 1 unspecified atom stereocenters. The Balaban J connectivity index is 0.00000176. The van der Waals surface area contributed by atoms with Crippen LogP contribution in [0.15, 0.2) is 12.4 Å². The highest BCUT2D eigenvalue weighted by atomic mass is 35.5. The third-order valence-electron chi connectivity index (χ3n) is 4.47. The van der Waals surface area contributed by atoms with Crippen molar-refractivity contribution in [2.24, 2.45) is 13.0 Å². The number of halogens is 1. The normalized spacial score (nSPS) is 28.2. The van der Waals surface area contributed by atoms with Crippen molar-refractivity contribution in [3.63, 3.8) is 0 Å². The second-order valence-corrected chi connectivity index (χ2v) is 5.82. The zero-order chi connectivity index (χ0) is 15.0. The number of amides is 2. The van der Waals surface area contributed by atoms with E-state index in [9.17, 15) is 9.59 Å². The summed E-state index contributed by atoms with van der Waals surface area (Å²) in [5, 5.41) is 10.3. The van der Waals surface area contributed by atoms with Crippen LogP contribution in [0.5, 0.6) is 0 Å². The number of hydrogen-bond acceptors (Lipinski definition) is 4. The van der Waals surface area contributed by atoms with Crippen LogP contribution in [0.25, 0.3) is 0 Å². The lowest BCUT2D eigenvalue weighted by atomic mass is 9.89. The molecule has 0 bridgehead atoms. The fraction of sp³-hybridized carbons (Fsp3) is 0.643. The maximum absolute atomic E-state index is 12.8. The molecule has 1 aromatic heterocycles. The molecule has 1 aromatic rings. The van der Waals surface area contributed by atoms with E-state index in [1.165, 1.54) is 0 Å². The molecule has 2 aliphatic heterocycles. The van der Waals surface area contributed by atoms with Crippen molar-refractivity contribution in [2.75, 3.05) is 26.2 Å². The third kappa shape index (κ3) is 2.96. The molecule has 0 spiro atoms. The number of carbonyl (C=O) groups excluding carboxylic acids is 2. The average Bonchev–Trinajstić information content (AvgIpc) is 3.09. The molecule has 0 aromatic carbocycles. The quantitative estimate of drug-likeness (QED) is 0.767. The number of carbonyl (C=O) groups is 2. The van der Waals surface area contributed by atoms with Crippen LogP contribution in [0.3, 0.4) is 0 Å². The van der Waals surface area contributed by atoms with Crippen LogP contribution in [0.1, 0.15) is 18.4 Å². The Morgan fingerprint density at radius 1 is 1.41 bits per heavy atom. The van der Waals surface area contributed by atoms with Gasteiger partial charge < -0.3 is 15.5 Å². The molecule has 2 fully saturated rings. The zero-order valence-electron chi connectivity index (χ0n) is 12.8. The highest BCUT2D eigenvalue weighted by molar-refractivity contribution is 5.90. The molecule has 0 aliphatic carbocycles. The standard InChI is InChI=1S/C14H21N5O2.ClH/c1-9-13(20)16-3-4-19(9)14(21)12-7-15-6-11(12)10-5-17-18(2)8-10;/h5,8-9,11-12,15H,3-4,6-7H2,1-2H3,(H,16,20);1H/t9?,11-,12+;/m1./s1. The molecule has 0 radical (unpaired) electrons. The molecule has 2 N–H and O–H groups in total. The minimum Gasteiger partial charge on any atom is -0.353 e. The second-order valence-electron chi connectivity index (χ2n) is 5.82. The van der Waals surface area contributed by atoms with E-state index in [0.29, 0.717) is 19.6 Å². The van der Waals surface area contributed by atoms with Gasteiger partial charge in [-0.25, -0.2) is 0 Å². The number of nitrogens with zero attached hydrogens (tertiary/aromatic N) is 3. The summed E-state index contributed by atoms with van der Waals surface area (Å²) in [5.41, 5.74) is 1.08. The Morgan fingerprint density at radius 2 is 2.18 bits per heavy atom. The zero-order valence-corrected chi connectivity index (χ0v) is 13.6. The van der Waals surface area contributed by atoms with Gasteiger partial charge in [-0.3, -0.25) is 14.3 Å². The monoisotopic (exact) mass is 327 g/mol. The molecular weight excluding hydrogens is 306 g/mol. The van der Waals surface area contributed by atoms with Crippen molar-refractivity contribution in [2.45, 2.75) is 18.9 Å². The van der Waals surface area contributed by atoms with E-state index in [4.69, 9.17) is 0 Å². The van der Waals surface area contributed by atoms with Gasteiger partial charge in [-0.15, -0.1) is 12.4 Å². The first-order valence-electron chi connectivity index (χ1n) is 7.35. The van der Waals surface area contributed by atoms with E-state index in [1.54, 1.807) is 16.5 Å². The maximum atomic E-state index is 12.8.